The fourth-order valence-corrected chi connectivity index (χ4v) is 10.3. The predicted octanol–water partition coefficient (Wildman–Crippen LogP) is 10.7. The van der Waals surface area contributed by atoms with Crippen molar-refractivity contribution in [1.29, 1.82) is 0 Å². The highest BCUT2D eigenvalue weighted by Gasteiger charge is 2.61. The SMILES string of the molecule is CC(C)(C)c1cc2c3c(c1)N1c4c(cccc4C4(C)CCCCC14C)B3c1ccc(-c3ccccc3)cc1N2c1cccc(-c2ccccc2)c1. The van der Waals surface area contributed by atoms with Crippen LogP contribution in [-0.2, 0) is 10.8 Å². The lowest BCUT2D eigenvalue weighted by Crippen LogP contribution is -2.64. The number of fused-ring (bicyclic) bond motifs is 7. The number of rotatable bonds is 3. The van der Waals surface area contributed by atoms with E-state index in [1.807, 2.05) is 0 Å². The van der Waals surface area contributed by atoms with Gasteiger partial charge >= 0.3 is 0 Å². The fourth-order valence-electron chi connectivity index (χ4n) is 10.3. The van der Waals surface area contributed by atoms with Crippen molar-refractivity contribution in [2.24, 2.45) is 0 Å². The van der Waals surface area contributed by atoms with Gasteiger partial charge in [0.15, 0.2) is 0 Å². The first-order valence-electron chi connectivity index (χ1n) is 18.9. The van der Waals surface area contributed by atoms with Crippen LogP contribution in [-0.4, -0.2) is 12.3 Å². The molecule has 0 bridgehead atoms. The number of nitrogens with zero attached hydrogens (tertiary/aromatic N) is 2. The zero-order valence-electron chi connectivity index (χ0n) is 30.5. The Morgan fingerprint density at radius 2 is 1.22 bits per heavy atom. The molecule has 10 rings (SSSR count). The predicted molar refractivity (Wildman–Crippen MR) is 218 cm³/mol. The van der Waals surface area contributed by atoms with E-state index < -0.39 is 0 Å². The normalized spacial score (nSPS) is 21.2. The van der Waals surface area contributed by atoms with Crippen molar-refractivity contribution in [2.45, 2.75) is 76.7 Å². The molecule has 1 fully saturated rings. The molecule has 0 amide bonds. The highest BCUT2D eigenvalue weighted by atomic mass is 15.3. The molecule has 3 heterocycles. The highest BCUT2D eigenvalue weighted by molar-refractivity contribution is 7.00. The lowest BCUT2D eigenvalue weighted by Gasteiger charge is -2.53. The van der Waals surface area contributed by atoms with E-state index in [0.717, 1.165) is 0 Å². The summed E-state index contributed by atoms with van der Waals surface area (Å²) in [6.07, 6.45) is 5.01. The van der Waals surface area contributed by atoms with Crippen LogP contribution < -0.4 is 26.2 Å². The summed E-state index contributed by atoms with van der Waals surface area (Å²) in [6.45, 7) is 12.4. The third kappa shape index (κ3) is 4.24. The van der Waals surface area contributed by atoms with Gasteiger partial charge in [0.05, 0.1) is 5.54 Å². The number of anilines is 5. The zero-order chi connectivity index (χ0) is 34.7. The van der Waals surface area contributed by atoms with Gasteiger partial charge < -0.3 is 9.80 Å². The average Bonchev–Trinajstić information content (AvgIpc) is 3.37. The lowest BCUT2D eigenvalue weighted by molar-refractivity contribution is 0.195. The van der Waals surface area contributed by atoms with Crippen molar-refractivity contribution >= 4 is 51.5 Å². The number of hydrogen-bond acceptors (Lipinski definition) is 2. The van der Waals surface area contributed by atoms with Gasteiger partial charge in [-0.3, -0.25) is 0 Å². The summed E-state index contributed by atoms with van der Waals surface area (Å²) < 4.78 is 0. The molecule has 0 aromatic heterocycles. The Morgan fingerprint density at radius 1 is 0.569 bits per heavy atom. The first kappa shape index (κ1) is 30.8. The molecule has 250 valence electrons. The van der Waals surface area contributed by atoms with Crippen molar-refractivity contribution in [1.82, 2.24) is 0 Å². The van der Waals surface area contributed by atoms with Crippen LogP contribution in [0, 0.1) is 0 Å². The number of para-hydroxylation sites is 1. The van der Waals surface area contributed by atoms with Gasteiger partial charge in [-0.2, -0.15) is 0 Å². The third-order valence-electron chi connectivity index (χ3n) is 13.1. The second-order valence-electron chi connectivity index (χ2n) is 16.9. The fraction of sp³-hybridized carbons (Fsp3) is 0.250. The summed E-state index contributed by atoms with van der Waals surface area (Å²) in [5.74, 6) is 0. The summed E-state index contributed by atoms with van der Waals surface area (Å²) in [4.78, 5) is 5.45. The Morgan fingerprint density at radius 3 is 1.94 bits per heavy atom. The number of hydrogen-bond donors (Lipinski definition) is 0. The van der Waals surface area contributed by atoms with Gasteiger partial charge in [-0.05, 0) is 105 Å². The van der Waals surface area contributed by atoms with Gasteiger partial charge in [-0.25, -0.2) is 0 Å². The highest BCUT2D eigenvalue weighted by Crippen LogP contribution is 2.62. The minimum absolute atomic E-state index is 0.00837. The summed E-state index contributed by atoms with van der Waals surface area (Å²) >= 11 is 0. The topological polar surface area (TPSA) is 6.48 Å². The standard InChI is InChI=1S/C48H45BN2/c1-46(2,3)36-30-42-44-43(31-36)51-45-38(47(4)26-12-13-27-48(47,51)5)22-15-23-40(45)49(44)39-25-24-35(33-18-10-7-11-19-33)29-41(39)50(42)37-21-14-20-34(28-37)32-16-8-6-9-17-32/h6-11,14-25,28-31H,12-13,26-27H2,1-5H3. The summed E-state index contributed by atoms with van der Waals surface area (Å²) in [5, 5.41) is 0. The largest absolute Gasteiger partial charge is 0.335 e. The van der Waals surface area contributed by atoms with Gasteiger partial charge in [0.1, 0.15) is 0 Å². The summed E-state index contributed by atoms with van der Waals surface area (Å²) in [7, 11) is 0. The van der Waals surface area contributed by atoms with E-state index in [4.69, 9.17) is 0 Å². The summed E-state index contributed by atoms with van der Waals surface area (Å²) in [5.41, 5.74) is 19.0. The molecule has 0 spiro atoms. The van der Waals surface area contributed by atoms with Crippen LogP contribution in [0.3, 0.4) is 0 Å². The van der Waals surface area contributed by atoms with Crippen LogP contribution in [0.25, 0.3) is 22.3 Å². The summed E-state index contributed by atoms with van der Waals surface area (Å²) in [6, 6.07) is 50.6. The Bertz CT molecular complexity index is 2360. The van der Waals surface area contributed by atoms with Gasteiger partial charge in [-0.1, -0.05) is 144 Å². The molecule has 2 atom stereocenters. The maximum absolute atomic E-state index is 2.85. The Labute approximate surface area is 303 Å². The van der Waals surface area contributed by atoms with Crippen LogP contribution in [0.4, 0.5) is 28.4 Å². The smallest absolute Gasteiger partial charge is 0.252 e. The molecule has 4 aliphatic rings. The second kappa shape index (κ2) is 10.7. The molecule has 6 aromatic carbocycles. The Balaban J connectivity index is 1.31. The van der Waals surface area contributed by atoms with Crippen LogP contribution in [0.15, 0.2) is 133 Å². The van der Waals surface area contributed by atoms with E-state index >= 15 is 0 Å². The molecule has 0 N–H and O–H groups in total. The van der Waals surface area contributed by atoms with E-state index in [-0.39, 0.29) is 23.1 Å². The molecule has 3 aliphatic heterocycles. The maximum atomic E-state index is 2.85. The first-order valence-corrected chi connectivity index (χ1v) is 18.9. The van der Waals surface area contributed by atoms with E-state index in [1.165, 1.54) is 98.3 Å². The molecule has 0 saturated heterocycles. The molecule has 6 aromatic rings. The molecule has 3 heteroatoms. The van der Waals surface area contributed by atoms with E-state index in [2.05, 4.69) is 178 Å². The van der Waals surface area contributed by atoms with Crippen molar-refractivity contribution in [2.75, 3.05) is 9.80 Å². The van der Waals surface area contributed by atoms with Crippen LogP contribution in [0.5, 0.6) is 0 Å². The molecule has 0 radical (unpaired) electrons. The average molecular weight is 661 g/mol. The minimum Gasteiger partial charge on any atom is -0.335 e. The quantitative estimate of drug-likeness (QED) is 0.174. The lowest BCUT2D eigenvalue weighted by atomic mass is 9.33. The molecular formula is C48H45BN2. The molecule has 51 heavy (non-hydrogen) atoms. The van der Waals surface area contributed by atoms with Gasteiger partial charge in [0.2, 0.25) is 0 Å². The van der Waals surface area contributed by atoms with E-state index in [1.54, 1.807) is 5.56 Å². The van der Waals surface area contributed by atoms with Crippen molar-refractivity contribution in [3.05, 3.63) is 145 Å². The first-order chi connectivity index (χ1) is 24.7. The number of benzene rings is 6. The van der Waals surface area contributed by atoms with Gasteiger partial charge in [-0.15, -0.1) is 0 Å². The van der Waals surface area contributed by atoms with Crippen LogP contribution in [0.2, 0.25) is 0 Å². The van der Waals surface area contributed by atoms with Crippen molar-refractivity contribution in [3.63, 3.8) is 0 Å². The second-order valence-corrected chi connectivity index (χ2v) is 16.9. The molecule has 2 unspecified atom stereocenters. The van der Waals surface area contributed by atoms with Crippen molar-refractivity contribution < 1.29 is 0 Å². The van der Waals surface area contributed by atoms with Crippen molar-refractivity contribution in [3.8, 4) is 22.3 Å². The molecular weight excluding hydrogens is 615 g/mol. The molecule has 2 nitrogen and oxygen atoms in total. The molecule has 1 aliphatic carbocycles. The Hall–Kier alpha value is -5.02. The third-order valence-corrected chi connectivity index (χ3v) is 13.1. The van der Waals surface area contributed by atoms with Gasteiger partial charge in [0.25, 0.3) is 6.71 Å². The minimum atomic E-state index is -0.0267. The van der Waals surface area contributed by atoms with Gasteiger partial charge in [0, 0.05) is 33.9 Å². The van der Waals surface area contributed by atoms with E-state index in [0.29, 0.717) is 0 Å². The van der Waals surface area contributed by atoms with Crippen LogP contribution >= 0.6 is 0 Å². The molecule has 1 saturated carbocycles. The van der Waals surface area contributed by atoms with E-state index in [9.17, 15) is 0 Å². The maximum Gasteiger partial charge on any atom is 0.252 e. The zero-order valence-corrected chi connectivity index (χ0v) is 30.5. The monoisotopic (exact) mass is 660 g/mol. The Kier molecular flexibility index (Phi) is 6.49. The van der Waals surface area contributed by atoms with Crippen LogP contribution in [0.1, 0.15) is 71.4 Å².